The van der Waals surface area contributed by atoms with Gasteiger partial charge < -0.3 is 10.6 Å². The van der Waals surface area contributed by atoms with Gasteiger partial charge in [0.2, 0.25) is 0 Å². The highest BCUT2D eigenvalue weighted by atomic mass is 15.2. The average Bonchev–Trinajstić information content (AvgIpc) is 2.22. The molecule has 82 valence electrons. The first-order valence-electron chi connectivity index (χ1n) is 5.31. The lowest BCUT2D eigenvalue weighted by molar-refractivity contribution is 0.552. The first-order valence-corrected chi connectivity index (χ1v) is 5.31. The zero-order valence-electron chi connectivity index (χ0n) is 9.70. The first kappa shape index (κ1) is 11.6. The van der Waals surface area contributed by atoms with Crippen LogP contribution in [0.25, 0.3) is 0 Å². The number of amidine groups is 1. The minimum Gasteiger partial charge on any atom is -0.382 e. The van der Waals surface area contributed by atoms with E-state index in [0.29, 0.717) is 5.84 Å². The molecule has 1 rings (SSSR count). The van der Waals surface area contributed by atoms with Gasteiger partial charge in [-0.25, -0.2) is 4.99 Å². The summed E-state index contributed by atoms with van der Waals surface area (Å²) in [6, 6.07) is 0. The van der Waals surface area contributed by atoms with E-state index >= 15 is 0 Å². The van der Waals surface area contributed by atoms with Crippen molar-refractivity contribution in [2.24, 2.45) is 10.7 Å². The lowest BCUT2D eigenvalue weighted by Gasteiger charge is -2.25. The number of hydrogen-bond acceptors (Lipinski definition) is 3. The van der Waals surface area contributed by atoms with Crippen LogP contribution < -0.4 is 5.73 Å². The molecule has 0 amide bonds. The fourth-order valence-corrected chi connectivity index (χ4v) is 1.47. The van der Waals surface area contributed by atoms with Crippen LogP contribution in [0.1, 0.15) is 26.7 Å². The maximum atomic E-state index is 5.77. The molecule has 0 radical (unpaired) electrons. The summed E-state index contributed by atoms with van der Waals surface area (Å²) >= 11 is 0. The Hall–Kier alpha value is -1.51. The van der Waals surface area contributed by atoms with Crippen LogP contribution in [0.15, 0.2) is 40.8 Å². The second-order valence-electron chi connectivity index (χ2n) is 3.49. The molecule has 0 unspecified atom stereocenters. The third-order valence-corrected chi connectivity index (χ3v) is 2.36. The van der Waals surface area contributed by atoms with Gasteiger partial charge >= 0.3 is 0 Å². The smallest absolute Gasteiger partial charge is 0.147 e. The van der Waals surface area contributed by atoms with Crippen molar-refractivity contribution in [3.8, 4) is 0 Å². The van der Waals surface area contributed by atoms with Gasteiger partial charge in [-0.1, -0.05) is 25.5 Å². The van der Waals surface area contributed by atoms with Crippen molar-refractivity contribution < 1.29 is 0 Å². The largest absolute Gasteiger partial charge is 0.382 e. The highest BCUT2D eigenvalue weighted by Crippen LogP contribution is 2.17. The van der Waals surface area contributed by atoms with Gasteiger partial charge in [0.25, 0.3) is 0 Å². The standard InChI is InChI=1S/C12H19N3/c1-4-6-7-8-10-9-14-12(13)11(5-2)15(10)3/h5,7-9H,4,6H2,1-3H3,(H2,13,14)/b8-7+,11-5+. The molecule has 3 heteroatoms. The summed E-state index contributed by atoms with van der Waals surface area (Å²) in [5.74, 6) is 0.577. The molecule has 15 heavy (non-hydrogen) atoms. The summed E-state index contributed by atoms with van der Waals surface area (Å²) in [5, 5.41) is 0. The molecule has 0 atom stereocenters. The number of likely N-dealkylation sites (N-methyl/N-ethyl adjacent to an activating group) is 1. The number of hydrogen-bond donors (Lipinski definition) is 1. The Bertz CT molecular complexity index is 335. The van der Waals surface area contributed by atoms with Crippen LogP contribution in [-0.4, -0.2) is 17.8 Å². The summed E-state index contributed by atoms with van der Waals surface area (Å²) in [6.45, 7) is 4.13. The van der Waals surface area contributed by atoms with Crippen molar-refractivity contribution in [2.45, 2.75) is 26.7 Å². The van der Waals surface area contributed by atoms with E-state index in [1.54, 1.807) is 6.20 Å². The SMILES string of the molecule is C/C=C1\C(N)=NC=C(/C=C/CCC)N1C. The number of nitrogens with two attached hydrogens (primary N) is 1. The molecule has 1 heterocycles. The highest BCUT2D eigenvalue weighted by Gasteiger charge is 2.14. The number of allylic oxidation sites excluding steroid dienone is 3. The van der Waals surface area contributed by atoms with Gasteiger partial charge in [0, 0.05) is 7.05 Å². The normalized spacial score (nSPS) is 19.7. The molecule has 0 aromatic rings. The zero-order valence-corrected chi connectivity index (χ0v) is 9.70. The van der Waals surface area contributed by atoms with Crippen LogP contribution in [0, 0.1) is 0 Å². The molecule has 2 N–H and O–H groups in total. The van der Waals surface area contributed by atoms with Crippen molar-refractivity contribution in [1.29, 1.82) is 0 Å². The van der Waals surface area contributed by atoms with Crippen molar-refractivity contribution in [3.05, 3.63) is 35.8 Å². The van der Waals surface area contributed by atoms with Gasteiger partial charge in [0.05, 0.1) is 17.6 Å². The molecular weight excluding hydrogens is 186 g/mol. The number of nitrogens with zero attached hydrogens (tertiary/aromatic N) is 2. The minimum absolute atomic E-state index is 0.577. The Labute approximate surface area is 91.7 Å². The second kappa shape index (κ2) is 5.39. The van der Waals surface area contributed by atoms with Gasteiger partial charge in [0.15, 0.2) is 0 Å². The monoisotopic (exact) mass is 205 g/mol. The molecule has 0 bridgehead atoms. The van der Waals surface area contributed by atoms with E-state index in [0.717, 1.165) is 24.2 Å². The lowest BCUT2D eigenvalue weighted by Crippen LogP contribution is -2.30. The molecular formula is C12H19N3. The topological polar surface area (TPSA) is 41.6 Å². The van der Waals surface area contributed by atoms with Crippen LogP contribution in [-0.2, 0) is 0 Å². The molecule has 3 nitrogen and oxygen atoms in total. The Kier molecular flexibility index (Phi) is 4.16. The third-order valence-electron chi connectivity index (χ3n) is 2.36. The quantitative estimate of drug-likeness (QED) is 0.768. The maximum absolute atomic E-state index is 5.77. The van der Waals surface area contributed by atoms with Crippen molar-refractivity contribution >= 4 is 5.84 Å². The molecule has 0 saturated heterocycles. The van der Waals surface area contributed by atoms with E-state index in [2.05, 4.69) is 29.0 Å². The van der Waals surface area contributed by atoms with Crippen LogP contribution >= 0.6 is 0 Å². The van der Waals surface area contributed by atoms with E-state index in [1.165, 1.54) is 0 Å². The maximum Gasteiger partial charge on any atom is 0.147 e. The third kappa shape index (κ3) is 2.72. The number of unbranched alkanes of at least 4 members (excludes halogenated alkanes) is 1. The fraction of sp³-hybridized carbons (Fsp3) is 0.417. The molecule has 0 aromatic heterocycles. The Morgan fingerprint density at radius 3 is 2.87 bits per heavy atom. The predicted molar refractivity (Wildman–Crippen MR) is 65.3 cm³/mol. The summed E-state index contributed by atoms with van der Waals surface area (Å²) in [5.41, 5.74) is 7.81. The van der Waals surface area contributed by atoms with E-state index in [9.17, 15) is 0 Å². The van der Waals surface area contributed by atoms with Crippen LogP contribution in [0.3, 0.4) is 0 Å². The van der Waals surface area contributed by atoms with Gasteiger partial charge in [0.1, 0.15) is 5.84 Å². The summed E-state index contributed by atoms with van der Waals surface area (Å²) in [7, 11) is 2.00. The van der Waals surface area contributed by atoms with Gasteiger partial charge in [-0.15, -0.1) is 0 Å². The number of rotatable bonds is 3. The summed E-state index contributed by atoms with van der Waals surface area (Å²) < 4.78 is 0. The van der Waals surface area contributed by atoms with Crippen LogP contribution in [0.4, 0.5) is 0 Å². The molecule has 0 saturated carbocycles. The lowest BCUT2D eigenvalue weighted by atomic mass is 10.2. The van der Waals surface area contributed by atoms with E-state index in [1.807, 2.05) is 20.0 Å². The Morgan fingerprint density at radius 1 is 1.53 bits per heavy atom. The predicted octanol–water partition coefficient (Wildman–Crippen LogP) is 2.39. The first-order chi connectivity index (χ1) is 7.20. The molecule has 0 aliphatic carbocycles. The molecule has 1 aliphatic heterocycles. The summed E-state index contributed by atoms with van der Waals surface area (Å²) in [4.78, 5) is 6.21. The highest BCUT2D eigenvalue weighted by molar-refractivity contribution is 5.97. The van der Waals surface area contributed by atoms with Crippen molar-refractivity contribution in [3.63, 3.8) is 0 Å². The molecule has 1 aliphatic rings. The second-order valence-corrected chi connectivity index (χ2v) is 3.49. The van der Waals surface area contributed by atoms with E-state index < -0.39 is 0 Å². The van der Waals surface area contributed by atoms with E-state index in [4.69, 9.17) is 5.73 Å². The minimum atomic E-state index is 0.577. The Morgan fingerprint density at radius 2 is 2.27 bits per heavy atom. The van der Waals surface area contributed by atoms with Crippen molar-refractivity contribution in [1.82, 2.24) is 4.90 Å². The molecule has 0 fully saturated rings. The number of aliphatic imine (C=N–C) groups is 1. The van der Waals surface area contributed by atoms with Crippen molar-refractivity contribution in [2.75, 3.05) is 7.05 Å². The fourth-order valence-electron chi connectivity index (χ4n) is 1.47. The van der Waals surface area contributed by atoms with Gasteiger partial charge in [-0.2, -0.15) is 0 Å². The van der Waals surface area contributed by atoms with Gasteiger partial charge in [-0.3, -0.25) is 0 Å². The molecule has 0 aromatic carbocycles. The summed E-state index contributed by atoms with van der Waals surface area (Å²) in [6.07, 6.45) is 10.3. The molecule has 0 spiro atoms. The average molecular weight is 205 g/mol. The zero-order chi connectivity index (χ0) is 11.3. The van der Waals surface area contributed by atoms with Gasteiger partial charge in [-0.05, 0) is 19.4 Å². The Balaban J connectivity index is 2.83. The van der Waals surface area contributed by atoms with Crippen LogP contribution in [0.5, 0.6) is 0 Å². The van der Waals surface area contributed by atoms with Crippen LogP contribution in [0.2, 0.25) is 0 Å². The van der Waals surface area contributed by atoms with E-state index in [-0.39, 0.29) is 0 Å².